The Kier molecular flexibility index (Phi) is 5.94. The summed E-state index contributed by atoms with van der Waals surface area (Å²) in [6.07, 6.45) is 5.11. The van der Waals surface area contributed by atoms with Gasteiger partial charge < -0.3 is 10.1 Å². The van der Waals surface area contributed by atoms with E-state index in [1.165, 1.54) is 25.7 Å². The highest BCUT2D eigenvalue weighted by Gasteiger charge is 2.25. The molecule has 2 unspecified atom stereocenters. The molecule has 0 aliphatic carbocycles. The van der Waals surface area contributed by atoms with Crippen molar-refractivity contribution in [3.05, 3.63) is 0 Å². The Bertz CT molecular complexity index is 203. The van der Waals surface area contributed by atoms with Crippen molar-refractivity contribution in [1.82, 2.24) is 5.32 Å². The van der Waals surface area contributed by atoms with E-state index < -0.39 is 0 Å². The average molecular weight is 241 g/mol. The number of ether oxygens (including phenoxy) is 1. The summed E-state index contributed by atoms with van der Waals surface area (Å²) in [6.45, 7) is 11.4. The molecule has 1 saturated heterocycles. The lowest BCUT2D eigenvalue weighted by atomic mass is 9.77. The van der Waals surface area contributed by atoms with Crippen LogP contribution in [-0.4, -0.2) is 26.3 Å². The molecule has 1 heterocycles. The molecule has 0 amide bonds. The highest BCUT2D eigenvalue weighted by molar-refractivity contribution is 4.79. The molecule has 1 aliphatic rings. The van der Waals surface area contributed by atoms with Gasteiger partial charge in [0, 0.05) is 19.3 Å². The Morgan fingerprint density at radius 2 is 1.82 bits per heavy atom. The van der Waals surface area contributed by atoms with Crippen LogP contribution >= 0.6 is 0 Å². The van der Waals surface area contributed by atoms with E-state index in [1.54, 1.807) is 0 Å². The minimum atomic E-state index is 0.421. The Morgan fingerprint density at radius 1 is 1.24 bits per heavy atom. The van der Waals surface area contributed by atoms with E-state index in [1.807, 2.05) is 0 Å². The average Bonchev–Trinajstić information content (AvgIpc) is 2.28. The third-order valence-corrected chi connectivity index (χ3v) is 4.48. The summed E-state index contributed by atoms with van der Waals surface area (Å²) in [4.78, 5) is 0. The zero-order valence-corrected chi connectivity index (χ0v) is 12.4. The van der Waals surface area contributed by atoms with E-state index in [0.29, 0.717) is 11.5 Å². The molecule has 17 heavy (non-hydrogen) atoms. The van der Waals surface area contributed by atoms with Crippen molar-refractivity contribution in [3.8, 4) is 0 Å². The molecule has 0 radical (unpaired) electrons. The quantitative estimate of drug-likeness (QED) is 0.796. The highest BCUT2D eigenvalue weighted by Crippen LogP contribution is 2.31. The van der Waals surface area contributed by atoms with Gasteiger partial charge in [-0.3, -0.25) is 0 Å². The molecule has 2 atom stereocenters. The zero-order valence-electron chi connectivity index (χ0n) is 12.4. The second-order valence-electron chi connectivity index (χ2n) is 6.78. The van der Waals surface area contributed by atoms with Gasteiger partial charge in [-0.15, -0.1) is 0 Å². The van der Waals surface area contributed by atoms with Crippen LogP contribution in [-0.2, 0) is 4.74 Å². The van der Waals surface area contributed by atoms with Crippen LogP contribution in [0, 0.1) is 17.3 Å². The fourth-order valence-electron chi connectivity index (χ4n) is 2.50. The second kappa shape index (κ2) is 6.75. The molecule has 102 valence electrons. The van der Waals surface area contributed by atoms with E-state index in [0.717, 1.165) is 25.0 Å². The first-order chi connectivity index (χ1) is 7.93. The summed E-state index contributed by atoms with van der Waals surface area (Å²) in [5, 5.41) is 3.51. The molecular formula is C15H31NO. The van der Waals surface area contributed by atoms with E-state index in [4.69, 9.17) is 4.74 Å². The smallest absolute Gasteiger partial charge is 0.0468 e. The van der Waals surface area contributed by atoms with Gasteiger partial charge in [-0.2, -0.15) is 0 Å². The molecule has 2 nitrogen and oxygen atoms in total. The van der Waals surface area contributed by atoms with Gasteiger partial charge in [0.1, 0.15) is 0 Å². The van der Waals surface area contributed by atoms with E-state index in [2.05, 4.69) is 40.1 Å². The molecular weight excluding hydrogens is 210 g/mol. The first-order valence-electron chi connectivity index (χ1n) is 7.18. The minimum Gasteiger partial charge on any atom is -0.381 e. The molecule has 0 aromatic heterocycles. The van der Waals surface area contributed by atoms with Gasteiger partial charge in [0.25, 0.3) is 0 Å². The van der Waals surface area contributed by atoms with Crippen molar-refractivity contribution >= 4 is 0 Å². The number of hydrogen-bond acceptors (Lipinski definition) is 2. The normalized spacial score (nSPS) is 22.4. The van der Waals surface area contributed by atoms with Gasteiger partial charge in [-0.25, -0.2) is 0 Å². The van der Waals surface area contributed by atoms with Crippen LogP contribution in [0.3, 0.4) is 0 Å². The molecule has 1 N–H and O–H groups in total. The van der Waals surface area contributed by atoms with E-state index >= 15 is 0 Å². The van der Waals surface area contributed by atoms with Crippen LogP contribution in [0.2, 0.25) is 0 Å². The number of nitrogens with one attached hydrogen (secondary N) is 1. The lowest BCUT2D eigenvalue weighted by Crippen LogP contribution is -2.34. The fourth-order valence-corrected chi connectivity index (χ4v) is 2.50. The van der Waals surface area contributed by atoms with Crippen molar-refractivity contribution in [3.63, 3.8) is 0 Å². The summed E-state index contributed by atoms with van der Waals surface area (Å²) in [7, 11) is 2.11. The van der Waals surface area contributed by atoms with Gasteiger partial charge >= 0.3 is 0 Å². The first-order valence-corrected chi connectivity index (χ1v) is 7.18. The molecule has 1 aliphatic heterocycles. The third-order valence-electron chi connectivity index (χ3n) is 4.48. The summed E-state index contributed by atoms with van der Waals surface area (Å²) in [5.41, 5.74) is 0.421. The Hall–Kier alpha value is -0.0800. The molecule has 0 aromatic carbocycles. The van der Waals surface area contributed by atoms with Crippen LogP contribution < -0.4 is 5.32 Å². The van der Waals surface area contributed by atoms with Crippen molar-refractivity contribution in [2.24, 2.45) is 17.3 Å². The summed E-state index contributed by atoms with van der Waals surface area (Å²) < 4.78 is 5.43. The summed E-state index contributed by atoms with van der Waals surface area (Å²) in [6, 6.07) is 0.673. The Balaban J connectivity index is 2.37. The summed E-state index contributed by atoms with van der Waals surface area (Å²) >= 11 is 0. The van der Waals surface area contributed by atoms with Crippen molar-refractivity contribution in [1.29, 1.82) is 0 Å². The minimum absolute atomic E-state index is 0.421. The second-order valence-corrected chi connectivity index (χ2v) is 6.78. The van der Waals surface area contributed by atoms with Gasteiger partial charge in [-0.05, 0) is 50.0 Å². The lowest BCUT2D eigenvalue weighted by molar-refractivity contribution is 0.0588. The maximum absolute atomic E-state index is 5.43. The van der Waals surface area contributed by atoms with Gasteiger partial charge in [0.05, 0.1) is 0 Å². The lowest BCUT2D eigenvalue weighted by Gasteiger charge is -2.33. The largest absolute Gasteiger partial charge is 0.381 e. The van der Waals surface area contributed by atoms with Crippen LogP contribution in [0.4, 0.5) is 0 Å². The standard InChI is InChI=1S/C15H31NO/c1-12(15(2,3)4)10-14(16-5)11-13-6-8-17-9-7-13/h12-14,16H,6-11H2,1-5H3. The van der Waals surface area contributed by atoms with Crippen molar-refractivity contribution < 1.29 is 4.74 Å². The Morgan fingerprint density at radius 3 is 2.29 bits per heavy atom. The maximum Gasteiger partial charge on any atom is 0.0468 e. The third kappa shape index (κ3) is 5.39. The predicted octanol–water partition coefficient (Wildman–Crippen LogP) is 3.46. The number of rotatable bonds is 5. The van der Waals surface area contributed by atoms with Gasteiger partial charge in [0.2, 0.25) is 0 Å². The topological polar surface area (TPSA) is 21.3 Å². The number of hydrogen-bond donors (Lipinski definition) is 1. The summed E-state index contributed by atoms with van der Waals surface area (Å²) in [5.74, 6) is 1.63. The molecule has 2 heteroatoms. The SMILES string of the molecule is CNC(CC1CCOCC1)CC(C)C(C)(C)C. The van der Waals surface area contributed by atoms with Crippen molar-refractivity contribution in [2.45, 2.75) is 59.4 Å². The van der Waals surface area contributed by atoms with Crippen LogP contribution in [0.5, 0.6) is 0 Å². The predicted molar refractivity (Wildman–Crippen MR) is 74.2 cm³/mol. The van der Waals surface area contributed by atoms with E-state index in [-0.39, 0.29) is 0 Å². The maximum atomic E-state index is 5.43. The molecule has 1 fully saturated rings. The monoisotopic (exact) mass is 241 g/mol. The van der Waals surface area contributed by atoms with E-state index in [9.17, 15) is 0 Å². The zero-order chi connectivity index (χ0) is 12.9. The molecule has 0 spiro atoms. The molecule has 0 saturated carbocycles. The highest BCUT2D eigenvalue weighted by atomic mass is 16.5. The van der Waals surface area contributed by atoms with Crippen LogP contribution in [0.1, 0.15) is 53.4 Å². The molecule has 0 aromatic rings. The van der Waals surface area contributed by atoms with Crippen molar-refractivity contribution in [2.75, 3.05) is 20.3 Å². The molecule has 0 bridgehead atoms. The first kappa shape index (κ1) is 15.0. The van der Waals surface area contributed by atoms with Crippen LogP contribution in [0.15, 0.2) is 0 Å². The van der Waals surface area contributed by atoms with Gasteiger partial charge in [-0.1, -0.05) is 27.7 Å². The van der Waals surface area contributed by atoms with Gasteiger partial charge in [0.15, 0.2) is 0 Å². The van der Waals surface area contributed by atoms with Crippen LogP contribution in [0.25, 0.3) is 0 Å². The Labute approximate surface area is 108 Å². The fraction of sp³-hybridized carbons (Fsp3) is 1.00. The molecule has 1 rings (SSSR count).